The van der Waals surface area contributed by atoms with E-state index in [4.69, 9.17) is 28.3 Å². The lowest BCUT2D eigenvalue weighted by molar-refractivity contribution is -0.0800. The first-order valence-corrected chi connectivity index (χ1v) is 5.02. The van der Waals surface area contributed by atoms with E-state index in [9.17, 15) is 0 Å². The van der Waals surface area contributed by atoms with Crippen LogP contribution in [0.25, 0.3) is 0 Å². The largest absolute Gasteiger partial charge is 0.368 e. The van der Waals surface area contributed by atoms with E-state index in [1.165, 1.54) is 0 Å². The first-order valence-electron chi connectivity index (χ1n) is 4.27. The molecule has 2 nitrogen and oxygen atoms in total. The van der Waals surface area contributed by atoms with Gasteiger partial charge in [-0.3, -0.25) is 0 Å². The predicted octanol–water partition coefficient (Wildman–Crippen LogP) is 3.35. The Labute approximate surface area is 94.4 Å². The van der Waals surface area contributed by atoms with Gasteiger partial charge in [-0.1, -0.05) is 29.3 Å². The number of hydrogen-bond acceptors (Lipinski definition) is 2. The van der Waals surface area contributed by atoms with Crippen LogP contribution in [0.4, 0.5) is 0 Å². The standard InChI is InChI=1S/C6H4Cl2.C4H10O2/c7-5-2-1-3-6(8)4-5;1-3-6-4(2)5/h1-4H;4-5H,3H2,1-2H3. The summed E-state index contributed by atoms with van der Waals surface area (Å²) in [5.41, 5.74) is 0. The van der Waals surface area contributed by atoms with Crippen molar-refractivity contribution in [3.63, 3.8) is 0 Å². The lowest BCUT2D eigenvalue weighted by Crippen LogP contribution is -2.04. The monoisotopic (exact) mass is 236 g/mol. The van der Waals surface area contributed by atoms with Crippen molar-refractivity contribution in [2.45, 2.75) is 20.1 Å². The molecular weight excluding hydrogens is 223 g/mol. The van der Waals surface area contributed by atoms with Crippen LogP contribution in [0.3, 0.4) is 0 Å². The summed E-state index contributed by atoms with van der Waals surface area (Å²) < 4.78 is 4.60. The first-order chi connectivity index (χ1) is 6.56. The SMILES string of the molecule is CCOC(C)O.Clc1cccc(Cl)c1. The fourth-order valence-corrected chi connectivity index (χ4v) is 1.14. The topological polar surface area (TPSA) is 29.5 Å². The minimum absolute atomic E-state index is 0.581. The summed E-state index contributed by atoms with van der Waals surface area (Å²) in [6.45, 7) is 4.01. The summed E-state index contributed by atoms with van der Waals surface area (Å²) in [6.07, 6.45) is -0.602. The average Bonchev–Trinajstić information content (AvgIpc) is 2.03. The van der Waals surface area contributed by atoms with Gasteiger partial charge in [0.05, 0.1) is 0 Å². The second kappa shape index (κ2) is 8.06. The van der Waals surface area contributed by atoms with Crippen LogP contribution < -0.4 is 0 Å². The lowest BCUT2D eigenvalue weighted by atomic mass is 10.4. The van der Waals surface area contributed by atoms with Gasteiger partial charge in [0.1, 0.15) is 0 Å². The highest BCUT2D eigenvalue weighted by atomic mass is 35.5. The lowest BCUT2D eigenvalue weighted by Gasteiger charge is -1.99. The van der Waals surface area contributed by atoms with E-state index in [0.717, 1.165) is 0 Å². The second-order valence-corrected chi connectivity index (χ2v) is 3.37. The summed E-state index contributed by atoms with van der Waals surface area (Å²) in [7, 11) is 0. The van der Waals surface area contributed by atoms with Gasteiger partial charge in [-0.2, -0.15) is 0 Å². The van der Waals surface area contributed by atoms with Crippen molar-refractivity contribution in [3.8, 4) is 0 Å². The number of benzene rings is 1. The summed E-state index contributed by atoms with van der Waals surface area (Å²) in [5.74, 6) is 0. The third-order valence-corrected chi connectivity index (χ3v) is 1.66. The summed E-state index contributed by atoms with van der Waals surface area (Å²) in [6, 6.07) is 7.08. The fraction of sp³-hybridized carbons (Fsp3) is 0.400. The second-order valence-electron chi connectivity index (χ2n) is 2.49. The van der Waals surface area contributed by atoms with Crippen molar-refractivity contribution in [2.75, 3.05) is 6.61 Å². The van der Waals surface area contributed by atoms with Gasteiger partial charge < -0.3 is 9.84 Å². The van der Waals surface area contributed by atoms with Gasteiger partial charge in [0.15, 0.2) is 6.29 Å². The van der Waals surface area contributed by atoms with E-state index in [-0.39, 0.29) is 0 Å². The van der Waals surface area contributed by atoms with Crippen LogP contribution in [0.1, 0.15) is 13.8 Å². The molecule has 1 aromatic carbocycles. The zero-order valence-electron chi connectivity index (χ0n) is 8.21. The van der Waals surface area contributed by atoms with Crippen LogP contribution >= 0.6 is 23.2 Å². The Morgan fingerprint density at radius 2 is 1.86 bits per heavy atom. The van der Waals surface area contributed by atoms with Gasteiger partial charge in [0, 0.05) is 16.7 Å². The molecule has 0 aliphatic rings. The Kier molecular flexibility index (Phi) is 7.90. The van der Waals surface area contributed by atoms with E-state index >= 15 is 0 Å². The molecular formula is C10H14Cl2O2. The van der Waals surface area contributed by atoms with Crippen molar-refractivity contribution in [1.82, 2.24) is 0 Å². The van der Waals surface area contributed by atoms with E-state index in [1.54, 1.807) is 25.1 Å². The van der Waals surface area contributed by atoms with Crippen molar-refractivity contribution in [2.24, 2.45) is 0 Å². The Morgan fingerprint density at radius 1 is 1.36 bits per heavy atom. The highest BCUT2D eigenvalue weighted by molar-refractivity contribution is 6.34. The minimum Gasteiger partial charge on any atom is -0.368 e. The number of rotatable bonds is 2. The Balaban J connectivity index is 0.000000255. The van der Waals surface area contributed by atoms with Gasteiger partial charge in [-0.25, -0.2) is 0 Å². The Bertz CT molecular complexity index is 234. The van der Waals surface area contributed by atoms with Crippen molar-refractivity contribution >= 4 is 23.2 Å². The average molecular weight is 237 g/mol. The Morgan fingerprint density at radius 3 is 2.00 bits per heavy atom. The molecule has 1 atom stereocenters. The molecule has 1 N–H and O–H groups in total. The molecule has 14 heavy (non-hydrogen) atoms. The van der Waals surface area contributed by atoms with E-state index < -0.39 is 6.29 Å². The highest BCUT2D eigenvalue weighted by Gasteiger charge is 1.85. The van der Waals surface area contributed by atoms with Crippen LogP contribution in [0.5, 0.6) is 0 Å². The summed E-state index contributed by atoms with van der Waals surface area (Å²) in [4.78, 5) is 0. The smallest absolute Gasteiger partial charge is 0.151 e. The number of hydrogen-bond donors (Lipinski definition) is 1. The molecule has 0 fully saturated rings. The number of aliphatic hydroxyl groups excluding tert-OH is 1. The first kappa shape index (κ1) is 13.7. The van der Waals surface area contributed by atoms with E-state index in [1.807, 2.05) is 13.0 Å². The maximum Gasteiger partial charge on any atom is 0.151 e. The molecule has 1 rings (SSSR count). The van der Waals surface area contributed by atoms with Crippen LogP contribution in [0.2, 0.25) is 10.0 Å². The molecule has 0 saturated heterocycles. The molecule has 0 amide bonds. The summed E-state index contributed by atoms with van der Waals surface area (Å²) >= 11 is 11.1. The van der Waals surface area contributed by atoms with Crippen molar-refractivity contribution in [3.05, 3.63) is 34.3 Å². The van der Waals surface area contributed by atoms with Gasteiger partial charge >= 0.3 is 0 Å². The molecule has 0 spiro atoms. The zero-order valence-corrected chi connectivity index (χ0v) is 9.72. The van der Waals surface area contributed by atoms with E-state index in [0.29, 0.717) is 16.7 Å². The van der Waals surface area contributed by atoms with Gasteiger partial charge in [-0.15, -0.1) is 0 Å². The van der Waals surface area contributed by atoms with Gasteiger partial charge in [-0.05, 0) is 32.0 Å². The maximum absolute atomic E-state index is 8.33. The molecule has 0 saturated carbocycles. The van der Waals surface area contributed by atoms with Crippen molar-refractivity contribution in [1.29, 1.82) is 0 Å². The van der Waals surface area contributed by atoms with Crippen LogP contribution in [0, 0.1) is 0 Å². The molecule has 1 unspecified atom stereocenters. The molecule has 0 radical (unpaired) electrons. The molecule has 0 aliphatic heterocycles. The van der Waals surface area contributed by atoms with Gasteiger partial charge in [0.2, 0.25) is 0 Å². The number of aliphatic hydroxyl groups is 1. The van der Waals surface area contributed by atoms with Crippen LogP contribution in [0.15, 0.2) is 24.3 Å². The molecule has 0 aliphatic carbocycles. The maximum atomic E-state index is 8.33. The summed E-state index contributed by atoms with van der Waals surface area (Å²) in [5, 5.41) is 9.69. The van der Waals surface area contributed by atoms with Crippen LogP contribution in [-0.2, 0) is 4.74 Å². The van der Waals surface area contributed by atoms with Crippen molar-refractivity contribution < 1.29 is 9.84 Å². The number of ether oxygens (including phenoxy) is 1. The van der Waals surface area contributed by atoms with Crippen LogP contribution in [-0.4, -0.2) is 18.0 Å². The predicted molar refractivity (Wildman–Crippen MR) is 59.8 cm³/mol. The molecule has 0 bridgehead atoms. The number of halogens is 2. The quantitative estimate of drug-likeness (QED) is 0.799. The normalized spacial score (nSPS) is 11.5. The molecule has 1 aromatic rings. The fourth-order valence-electron chi connectivity index (χ4n) is 0.701. The zero-order chi connectivity index (χ0) is 11.0. The third kappa shape index (κ3) is 8.32. The minimum atomic E-state index is -0.602. The third-order valence-electron chi connectivity index (χ3n) is 1.19. The highest BCUT2D eigenvalue weighted by Crippen LogP contribution is 2.13. The van der Waals surface area contributed by atoms with Gasteiger partial charge in [0.25, 0.3) is 0 Å². The Hall–Kier alpha value is -0.280. The molecule has 0 heterocycles. The van der Waals surface area contributed by atoms with E-state index in [2.05, 4.69) is 4.74 Å². The molecule has 4 heteroatoms. The molecule has 80 valence electrons. The molecule has 0 aromatic heterocycles.